The maximum absolute atomic E-state index is 13.7. The molecule has 1 aliphatic heterocycles. The van der Waals surface area contributed by atoms with Gasteiger partial charge in [0.05, 0.1) is 12.0 Å². The number of aromatic carboxylic acids is 1. The lowest BCUT2D eigenvalue weighted by atomic mass is 10.1. The Hall–Kier alpha value is -3.22. The van der Waals surface area contributed by atoms with Crippen LogP contribution in [0.3, 0.4) is 0 Å². The molecule has 0 bridgehead atoms. The highest BCUT2D eigenvalue weighted by atomic mass is 19.1. The van der Waals surface area contributed by atoms with E-state index in [4.69, 9.17) is 5.11 Å². The van der Waals surface area contributed by atoms with Gasteiger partial charge in [-0.15, -0.1) is 0 Å². The minimum Gasteiger partial charge on any atom is -0.478 e. The van der Waals surface area contributed by atoms with Crippen molar-refractivity contribution in [2.45, 2.75) is 6.42 Å². The second kappa shape index (κ2) is 7.99. The van der Waals surface area contributed by atoms with Gasteiger partial charge in [-0.3, -0.25) is 9.59 Å². The van der Waals surface area contributed by atoms with Gasteiger partial charge in [0.1, 0.15) is 5.82 Å². The first-order valence-corrected chi connectivity index (χ1v) is 8.59. The summed E-state index contributed by atoms with van der Waals surface area (Å²) in [6, 6.07) is 12.1. The molecule has 2 aromatic rings. The van der Waals surface area contributed by atoms with Crippen LogP contribution in [-0.2, 0) is 11.2 Å². The number of halogens is 1. The van der Waals surface area contributed by atoms with Crippen LogP contribution in [0.4, 0.5) is 4.39 Å². The number of nitrogens with zero attached hydrogens (tertiary/aromatic N) is 2. The number of piperazine rings is 1. The number of carbonyl (C=O) groups excluding carboxylic acids is 2. The number of hydrogen-bond donors (Lipinski definition) is 1. The Balaban J connectivity index is 1.59. The van der Waals surface area contributed by atoms with Crippen molar-refractivity contribution in [3.05, 3.63) is 71.0 Å². The van der Waals surface area contributed by atoms with Gasteiger partial charge in [-0.05, 0) is 29.8 Å². The molecule has 0 aliphatic carbocycles. The molecule has 1 fully saturated rings. The van der Waals surface area contributed by atoms with Crippen LogP contribution in [0.25, 0.3) is 0 Å². The second-order valence-electron chi connectivity index (χ2n) is 6.33. The van der Waals surface area contributed by atoms with Crippen LogP contribution >= 0.6 is 0 Å². The smallest absolute Gasteiger partial charge is 0.335 e. The van der Waals surface area contributed by atoms with Gasteiger partial charge in [0.15, 0.2) is 0 Å². The number of carbonyl (C=O) groups is 3. The molecule has 1 aliphatic rings. The standard InChI is InChI=1S/C20H19FN2O4/c21-17-7-2-1-4-14(17)13-18(24)22-8-10-23(11-9-22)19(25)15-5-3-6-16(12-15)20(26)27/h1-7,12H,8-11,13H2,(H,26,27). The predicted molar refractivity (Wildman–Crippen MR) is 96.0 cm³/mol. The number of benzene rings is 2. The van der Waals surface area contributed by atoms with Crippen molar-refractivity contribution in [2.24, 2.45) is 0 Å². The third-order valence-corrected chi connectivity index (χ3v) is 4.58. The molecular weight excluding hydrogens is 351 g/mol. The lowest BCUT2D eigenvalue weighted by Crippen LogP contribution is -2.51. The Bertz CT molecular complexity index is 876. The van der Waals surface area contributed by atoms with Crippen molar-refractivity contribution in [3.8, 4) is 0 Å². The first-order chi connectivity index (χ1) is 13.0. The fraction of sp³-hybridized carbons (Fsp3) is 0.250. The number of amides is 2. The lowest BCUT2D eigenvalue weighted by molar-refractivity contribution is -0.132. The Kier molecular flexibility index (Phi) is 5.49. The van der Waals surface area contributed by atoms with Gasteiger partial charge >= 0.3 is 5.97 Å². The fourth-order valence-corrected chi connectivity index (χ4v) is 3.04. The molecule has 140 valence electrons. The molecule has 1 saturated heterocycles. The van der Waals surface area contributed by atoms with Crippen LogP contribution in [0, 0.1) is 5.82 Å². The van der Waals surface area contributed by atoms with Gasteiger partial charge < -0.3 is 14.9 Å². The normalized spacial score (nSPS) is 14.1. The van der Waals surface area contributed by atoms with E-state index in [-0.39, 0.29) is 23.8 Å². The molecule has 0 atom stereocenters. The van der Waals surface area contributed by atoms with E-state index in [2.05, 4.69) is 0 Å². The monoisotopic (exact) mass is 370 g/mol. The molecule has 0 radical (unpaired) electrons. The summed E-state index contributed by atoms with van der Waals surface area (Å²) in [5, 5.41) is 9.04. The lowest BCUT2D eigenvalue weighted by Gasteiger charge is -2.35. The number of hydrogen-bond acceptors (Lipinski definition) is 3. The molecule has 0 unspecified atom stereocenters. The molecule has 27 heavy (non-hydrogen) atoms. The Morgan fingerprint density at radius 3 is 2.19 bits per heavy atom. The van der Waals surface area contributed by atoms with Crippen LogP contribution in [-0.4, -0.2) is 58.9 Å². The molecule has 0 aromatic heterocycles. The minimum absolute atomic E-state index is 0.0126. The molecule has 1 N–H and O–H groups in total. The van der Waals surface area contributed by atoms with Crippen molar-refractivity contribution in [3.63, 3.8) is 0 Å². The maximum Gasteiger partial charge on any atom is 0.335 e. The van der Waals surface area contributed by atoms with Crippen LogP contribution in [0.5, 0.6) is 0 Å². The van der Waals surface area contributed by atoms with E-state index < -0.39 is 11.8 Å². The molecule has 1 heterocycles. The highest BCUT2D eigenvalue weighted by Crippen LogP contribution is 2.13. The molecule has 7 heteroatoms. The molecule has 6 nitrogen and oxygen atoms in total. The number of carboxylic acid groups (broad SMARTS) is 1. The predicted octanol–water partition coefficient (Wildman–Crippen LogP) is 2.05. The average molecular weight is 370 g/mol. The zero-order chi connectivity index (χ0) is 19.4. The molecule has 0 spiro atoms. The fourth-order valence-electron chi connectivity index (χ4n) is 3.04. The van der Waals surface area contributed by atoms with E-state index in [0.717, 1.165) is 0 Å². The Morgan fingerprint density at radius 1 is 0.889 bits per heavy atom. The summed E-state index contributed by atoms with van der Waals surface area (Å²) < 4.78 is 13.7. The quantitative estimate of drug-likeness (QED) is 0.894. The van der Waals surface area contributed by atoms with Gasteiger partial charge in [0.25, 0.3) is 5.91 Å². The molecule has 0 saturated carbocycles. The highest BCUT2D eigenvalue weighted by molar-refractivity contribution is 5.97. The second-order valence-corrected chi connectivity index (χ2v) is 6.33. The van der Waals surface area contributed by atoms with Crippen molar-refractivity contribution < 1.29 is 23.9 Å². The molecule has 2 aromatic carbocycles. The SMILES string of the molecule is O=C(O)c1cccc(C(=O)N2CCN(C(=O)Cc3ccccc3F)CC2)c1. The van der Waals surface area contributed by atoms with Crippen LogP contribution in [0.1, 0.15) is 26.3 Å². The van der Waals surface area contributed by atoms with E-state index in [1.165, 1.54) is 24.3 Å². The summed E-state index contributed by atoms with van der Waals surface area (Å²) >= 11 is 0. The summed E-state index contributed by atoms with van der Waals surface area (Å²) in [4.78, 5) is 39.2. The molecular formula is C20H19FN2O4. The van der Waals surface area contributed by atoms with Crippen molar-refractivity contribution in [1.82, 2.24) is 9.80 Å². The van der Waals surface area contributed by atoms with E-state index in [1.54, 1.807) is 34.1 Å². The zero-order valence-corrected chi connectivity index (χ0v) is 14.6. The van der Waals surface area contributed by atoms with E-state index in [1.807, 2.05) is 0 Å². The highest BCUT2D eigenvalue weighted by Gasteiger charge is 2.25. The van der Waals surface area contributed by atoms with Crippen molar-refractivity contribution in [1.29, 1.82) is 0 Å². The zero-order valence-electron chi connectivity index (χ0n) is 14.6. The number of carboxylic acids is 1. The first kappa shape index (κ1) is 18.6. The van der Waals surface area contributed by atoms with Gasteiger partial charge in [-0.25, -0.2) is 9.18 Å². The van der Waals surface area contributed by atoms with E-state index in [0.29, 0.717) is 37.3 Å². The summed E-state index contributed by atoms with van der Waals surface area (Å²) in [6.07, 6.45) is -0.0126. The van der Waals surface area contributed by atoms with Crippen molar-refractivity contribution >= 4 is 17.8 Å². The first-order valence-electron chi connectivity index (χ1n) is 8.59. The van der Waals surface area contributed by atoms with Gasteiger partial charge in [0, 0.05) is 31.7 Å². The summed E-state index contributed by atoms with van der Waals surface area (Å²) in [5.74, 6) is -1.94. The maximum atomic E-state index is 13.7. The van der Waals surface area contributed by atoms with E-state index in [9.17, 15) is 18.8 Å². The van der Waals surface area contributed by atoms with E-state index >= 15 is 0 Å². The molecule has 3 rings (SSSR count). The van der Waals surface area contributed by atoms with Gasteiger partial charge in [0.2, 0.25) is 5.91 Å². The van der Waals surface area contributed by atoms with Crippen LogP contribution < -0.4 is 0 Å². The Morgan fingerprint density at radius 2 is 1.52 bits per heavy atom. The minimum atomic E-state index is -1.09. The largest absolute Gasteiger partial charge is 0.478 e. The topological polar surface area (TPSA) is 77.9 Å². The van der Waals surface area contributed by atoms with Gasteiger partial charge in [-0.2, -0.15) is 0 Å². The van der Waals surface area contributed by atoms with Crippen LogP contribution in [0.2, 0.25) is 0 Å². The van der Waals surface area contributed by atoms with Gasteiger partial charge in [-0.1, -0.05) is 24.3 Å². The summed E-state index contributed by atoms with van der Waals surface area (Å²) in [5.41, 5.74) is 0.715. The average Bonchev–Trinajstić information content (AvgIpc) is 2.69. The third-order valence-electron chi connectivity index (χ3n) is 4.58. The van der Waals surface area contributed by atoms with Crippen LogP contribution in [0.15, 0.2) is 48.5 Å². The third kappa shape index (κ3) is 4.31. The number of rotatable bonds is 4. The summed E-state index contributed by atoms with van der Waals surface area (Å²) in [6.45, 7) is 1.41. The molecule has 2 amide bonds. The Labute approximate surface area is 155 Å². The summed E-state index contributed by atoms with van der Waals surface area (Å²) in [7, 11) is 0. The van der Waals surface area contributed by atoms with Crippen molar-refractivity contribution in [2.75, 3.05) is 26.2 Å².